The maximum atomic E-state index is 12.3. The summed E-state index contributed by atoms with van der Waals surface area (Å²) in [6.07, 6.45) is -3.07. The molecule has 1 aliphatic rings. The molecule has 2 unspecified atom stereocenters. The van der Waals surface area contributed by atoms with Gasteiger partial charge in [-0.15, -0.1) is 0 Å². The Kier molecular flexibility index (Phi) is 5.20. The molecule has 0 aromatic rings. The van der Waals surface area contributed by atoms with Crippen molar-refractivity contribution in [2.45, 2.75) is 19.0 Å². The zero-order valence-corrected chi connectivity index (χ0v) is 9.29. The molecule has 7 heteroatoms. The van der Waals surface area contributed by atoms with Gasteiger partial charge in [0.25, 0.3) is 0 Å². The second-order valence-corrected chi connectivity index (χ2v) is 4.15. The average molecular weight is 255 g/mol. The molecule has 0 radical (unpaired) electrons. The number of carbonyl (C=O) groups is 1. The van der Waals surface area contributed by atoms with Crippen LogP contribution in [0.15, 0.2) is 0 Å². The molecule has 1 rings (SSSR count). The van der Waals surface area contributed by atoms with Crippen LogP contribution in [-0.4, -0.2) is 43.6 Å². The predicted octanol–water partition coefficient (Wildman–Crippen LogP) is 1.27. The molecule has 0 amide bonds. The molecule has 0 saturated carbocycles. The number of carboxylic acid groups (broad SMARTS) is 1. The summed E-state index contributed by atoms with van der Waals surface area (Å²) in [5, 5.41) is 11.0. The highest BCUT2D eigenvalue weighted by Gasteiger charge is 2.44. The Bertz CT molecular complexity index is 252. The van der Waals surface area contributed by atoms with Crippen LogP contribution in [0.1, 0.15) is 12.8 Å². The van der Waals surface area contributed by atoms with Crippen LogP contribution >= 0.6 is 0 Å². The van der Waals surface area contributed by atoms with E-state index in [2.05, 4.69) is 5.32 Å². The Labute approximate surface area is 97.1 Å². The largest absolute Gasteiger partial charge is 0.481 e. The lowest BCUT2D eigenvalue weighted by Gasteiger charge is -2.17. The number of hydrogen-bond donors (Lipinski definition) is 2. The average Bonchev–Trinajstić information content (AvgIpc) is 2.67. The lowest BCUT2D eigenvalue weighted by atomic mass is 10.0. The van der Waals surface area contributed by atoms with Crippen molar-refractivity contribution in [2.24, 2.45) is 11.8 Å². The van der Waals surface area contributed by atoms with Gasteiger partial charge in [-0.1, -0.05) is 0 Å². The molecule has 1 saturated heterocycles. The molecular weight excluding hydrogens is 239 g/mol. The van der Waals surface area contributed by atoms with E-state index in [1.807, 2.05) is 0 Å². The number of aliphatic carboxylic acids is 1. The molecular formula is C10H16F3NO3. The van der Waals surface area contributed by atoms with Gasteiger partial charge in [0.05, 0.1) is 0 Å². The van der Waals surface area contributed by atoms with Crippen molar-refractivity contribution in [3.63, 3.8) is 0 Å². The minimum Gasteiger partial charge on any atom is -0.481 e. The summed E-state index contributed by atoms with van der Waals surface area (Å²) in [6, 6.07) is 0. The first-order chi connectivity index (χ1) is 7.91. The summed E-state index contributed by atoms with van der Waals surface area (Å²) in [7, 11) is 0. The summed E-state index contributed by atoms with van der Waals surface area (Å²) < 4.78 is 41.9. The van der Waals surface area contributed by atoms with Crippen molar-refractivity contribution >= 4 is 5.97 Å². The van der Waals surface area contributed by atoms with Gasteiger partial charge >= 0.3 is 12.1 Å². The van der Waals surface area contributed by atoms with Crippen molar-refractivity contribution in [2.75, 3.05) is 26.3 Å². The number of rotatable bonds is 6. The van der Waals surface area contributed by atoms with Gasteiger partial charge < -0.3 is 15.2 Å². The standard InChI is InChI=1S/C10H16F3NO3/c11-10(12,13)8(9(15)16)5-14-3-1-7-2-4-17-6-7/h7-8,14H,1-6H2,(H,15,16). The second-order valence-electron chi connectivity index (χ2n) is 4.15. The van der Waals surface area contributed by atoms with Crippen LogP contribution in [0.4, 0.5) is 13.2 Å². The third kappa shape index (κ3) is 4.91. The van der Waals surface area contributed by atoms with E-state index < -0.39 is 24.6 Å². The molecule has 0 spiro atoms. The molecule has 0 aromatic carbocycles. The van der Waals surface area contributed by atoms with Crippen molar-refractivity contribution in [3.8, 4) is 0 Å². The summed E-state index contributed by atoms with van der Waals surface area (Å²) in [5.41, 5.74) is 0. The van der Waals surface area contributed by atoms with Gasteiger partial charge in [0.15, 0.2) is 5.92 Å². The number of nitrogens with one attached hydrogen (secondary N) is 1. The van der Waals surface area contributed by atoms with E-state index in [0.717, 1.165) is 6.42 Å². The highest BCUT2D eigenvalue weighted by Crippen LogP contribution is 2.25. The van der Waals surface area contributed by atoms with Crippen LogP contribution in [-0.2, 0) is 9.53 Å². The minimum atomic E-state index is -4.70. The van der Waals surface area contributed by atoms with Crippen LogP contribution in [0.5, 0.6) is 0 Å². The van der Waals surface area contributed by atoms with Crippen LogP contribution in [0, 0.1) is 11.8 Å². The second kappa shape index (κ2) is 6.20. The fraction of sp³-hybridized carbons (Fsp3) is 0.900. The van der Waals surface area contributed by atoms with Crippen molar-refractivity contribution in [1.29, 1.82) is 0 Å². The van der Waals surface area contributed by atoms with E-state index in [9.17, 15) is 18.0 Å². The molecule has 2 atom stereocenters. The van der Waals surface area contributed by atoms with Crippen molar-refractivity contribution < 1.29 is 27.8 Å². The van der Waals surface area contributed by atoms with Gasteiger partial charge in [-0.25, -0.2) is 0 Å². The Morgan fingerprint density at radius 2 is 2.24 bits per heavy atom. The summed E-state index contributed by atoms with van der Waals surface area (Å²) in [4.78, 5) is 10.4. The topological polar surface area (TPSA) is 58.6 Å². The maximum absolute atomic E-state index is 12.3. The summed E-state index contributed by atoms with van der Waals surface area (Å²) in [5.74, 6) is -3.80. The Balaban J connectivity index is 2.20. The Morgan fingerprint density at radius 1 is 1.53 bits per heavy atom. The van der Waals surface area contributed by atoms with E-state index in [4.69, 9.17) is 9.84 Å². The lowest BCUT2D eigenvalue weighted by molar-refractivity contribution is -0.192. The first-order valence-corrected chi connectivity index (χ1v) is 5.49. The lowest BCUT2D eigenvalue weighted by Crippen LogP contribution is -2.39. The molecule has 0 bridgehead atoms. The van der Waals surface area contributed by atoms with Crippen molar-refractivity contribution in [3.05, 3.63) is 0 Å². The Hall–Kier alpha value is -0.820. The number of ether oxygens (including phenoxy) is 1. The molecule has 0 aliphatic carbocycles. The number of carboxylic acids is 1. The van der Waals surface area contributed by atoms with Gasteiger partial charge in [-0.3, -0.25) is 4.79 Å². The van der Waals surface area contributed by atoms with E-state index in [1.54, 1.807) is 0 Å². The van der Waals surface area contributed by atoms with E-state index in [1.165, 1.54) is 0 Å². The molecule has 4 nitrogen and oxygen atoms in total. The number of alkyl halides is 3. The van der Waals surface area contributed by atoms with Gasteiger partial charge in [0.1, 0.15) is 0 Å². The van der Waals surface area contributed by atoms with Crippen LogP contribution in [0.3, 0.4) is 0 Å². The summed E-state index contributed by atoms with van der Waals surface area (Å²) in [6.45, 7) is 1.15. The van der Waals surface area contributed by atoms with Gasteiger partial charge in [-0.2, -0.15) is 13.2 Å². The SMILES string of the molecule is O=C(O)C(CNCCC1CCOC1)C(F)(F)F. The molecule has 17 heavy (non-hydrogen) atoms. The number of hydrogen-bond acceptors (Lipinski definition) is 3. The first-order valence-electron chi connectivity index (χ1n) is 5.49. The zero-order valence-electron chi connectivity index (χ0n) is 9.29. The van der Waals surface area contributed by atoms with E-state index in [0.29, 0.717) is 32.1 Å². The molecule has 1 aliphatic heterocycles. The molecule has 1 fully saturated rings. The predicted molar refractivity (Wildman–Crippen MR) is 53.6 cm³/mol. The maximum Gasteiger partial charge on any atom is 0.403 e. The van der Waals surface area contributed by atoms with Gasteiger partial charge in [0.2, 0.25) is 0 Å². The van der Waals surface area contributed by atoms with E-state index >= 15 is 0 Å². The molecule has 1 heterocycles. The fourth-order valence-electron chi connectivity index (χ4n) is 1.71. The normalized spacial score (nSPS) is 22.6. The number of halogens is 3. The molecule has 0 aromatic heterocycles. The molecule has 2 N–H and O–H groups in total. The van der Waals surface area contributed by atoms with Crippen molar-refractivity contribution in [1.82, 2.24) is 5.32 Å². The fourth-order valence-corrected chi connectivity index (χ4v) is 1.71. The minimum absolute atomic E-state index is 0.372. The third-order valence-electron chi connectivity index (χ3n) is 2.80. The van der Waals surface area contributed by atoms with E-state index in [-0.39, 0.29) is 0 Å². The molecule has 100 valence electrons. The highest BCUT2D eigenvalue weighted by atomic mass is 19.4. The monoisotopic (exact) mass is 255 g/mol. The highest BCUT2D eigenvalue weighted by molar-refractivity contribution is 5.71. The first kappa shape index (κ1) is 14.2. The zero-order chi connectivity index (χ0) is 12.9. The third-order valence-corrected chi connectivity index (χ3v) is 2.80. The van der Waals surface area contributed by atoms with Crippen LogP contribution < -0.4 is 5.32 Å². The van der Waals surface area contributed by atoms with Crippen LogP contribution in [0.25, 0.3) is 0 Å². The Morgan fingerprint density at radius 3 is 2.71 bits per heavy atom. The smallest absolute Gasteiger partial charge is 0.403 e. The quantitative estimate of drug-likeness (QED) is 0.702. The summed E-state index contributed by atoms with van der Waals surface area (Å²) >= 11 is 0. The van der Waals surface area contributed by atoms with Gasteiger partial charge in [-0.05, 0) is 25.3 Å². The van der Waals surface area contributed by atoms with Gasteiger partial charge in [0, 0.05) is 19.8 Å². The van der Waals surface area contributed by atoms with Crippen LogP contribution in [0.2, 0.25) is 0 Å².